The third-order valence-corrected chi connectivity index (χ3v) is 5.06. The standard InChI is InChI=1S/C13H20BrNO4S/c1-3-7-15(8-9-16)20(17,18)13-10-11(14)5-6-12(13)19-4-2/h5-6,10,16H,3-4,7-9H2,1-2H3. The van der Waals surface area contributed by atoms with Gasteiger partial charge in [-0.1, -0.05) is 22.9 Å². The van der Waals surface area contributed by atoms with Gasteiger partial charge in [0, 0.05) is 17.6 Å². The van der Waals surface area contributed by atoms with Crippen LogP contribution in [0.25, 0.3) is 0 Å². The van der Waals surface area contributed by atoms with Crippen molar-refractivity contribution in [3.8, 4) is 5.75 Å². The van der Waals surface area contributed by atoms with Gasteiger partial charge in [0.1, 0.15) is 10.6 Å². The summed E-state index contributed by atoms with van der Waals surface area (Å²) in [6, 6.07) is 4.89. The van der Waals surface area contributed by atoms with Gasteiger partial charge in [-0.05, 0) is 31.5 Å². The third kappa shape index (κ3) is 4.18. The number of ether oxygens (including phenoxy) is 1. The number of halogens is 1. The lowest BCUT2D eigenvalue weighted by Crippen LogP contribution is -2.34. The molecule has 7 heteroatoms. The molecule has 0 aliphatic heterocycles. The van der Waals surface area contributed by atoms with Gasteiger partial charge in [0.15, 0.2) is 0 Å². The zero-order valence-corrected chi connectivity index (χ0v) is 14.1. The predicted octanol–water partition coefficient (Wildman–Crippen LogP) is 2.24. The Labute approximate surface area is 128 Å². The average Bonchev–Trinajstić information content (AvgIpc) is 2.40. The molecule has 5 nitrogen and oxygen atoms in total. The van der Waals surface area contributed by atoms with Gasteiger partial charge in [-0.25, -0.2) is 8.42 Å². The topological polar surface area (TPSA) is 66.8 Å². The number of hydrogen-bond acceptors (Lipinski definition) is 4. The zero-order chi connectivity index (χ0) is 15.2. The molecule has 0 heterocycles. The van der Waals surface area contributed by atoms with Crippen LogP contribution < -0.4 is 4.74 Å². The molecule has 1 aromatic carbocycles. The van der Waals surface area contributed by atoms with E-state index in [0.717, 1.165) is 0 Å². The van der Waals surface area contributed by atoms with Crippen LogP contribution in [0.5, 0.6) is 5.75 Å². The van der Waals surface area contributed by atoms with E-state index in [4.69, 9.17) is 9.84 Å². The van der Waals surface area contributed by atoms with E-state index in [-0.39, 0.29) is 18.0 Å². The van der Waals surface area contributed by atoms with E-state index in [0.29, 0.717) is 29.8 Å². The van der Waals surface area contributed by atoms with E-state index in [2.05, 4.69) is 15.9 Å². The largest absolute Gasteiger partial charge is 0.492 e. The van der Waals surface area contributed by atoms with Gasteiger partial charge in [0.25, 0.3) is 0 Å². The molecule has 1 N–H and O–H groups in total. The fourth-order valence-corrected chi connectivity index (χ4v) is 4.00. The van der Waals surface area contributed by atoms with Gasteiger partial charge in [0.05, 0.1) is 13.2 Å². The fraction of sp³-hybridized carbons (Fsp3) is 0.538. The van der Waals surface area contributed by atoms with Crippen molar-refractivity contribution in [3.63, 3.8) is 0 Å². The zero-order valence-electron chi connectivity index (χ0n) is 11.7. The molecule has 0 saturated carbocycles. The second-order valence-electron chi connectivity index (χ2n) is 4.15. The Morgan fingerprint density at radius 1 is 1.30 bits per heavy atom. The van der Waals surface area contributed by atoms with Gasteiger partial charge >= 0.3 is 0 Å². The van der Waals surface area contributed by atoms with E-state index >= 15 is 0 Å². The minimum Gasteiger partial charge on any atom is -0.492 e. The van der Waals surface area contributed by atoms with Crippen molar-refractivity contribution in [2.45, 2.75) is 25.2 Å². The fourth-order valence-electron chi connectivity index (χ4n) is 1.81. The Balaban J connectivity index is 3.27. The first-order valence-corrected chi connectivity index (χ1v) is 8.74. The van der Waals surface area contributed by atoms with E-state index in [1.807, 2.05) is 6.92 Å². The van der Waals surface area contributed by atoms with Crippen LogP contribution in [-0.2, 0) is 10.0 Å². The molecule has 0 atom stereocenters. The number of benzene rings is 1. The molecule has 0 aromatic heterocycles. The lowest BCUT2D eigenvalue weighted by molar-refractivity contribution is 0.253. The maximum absolute atomic E-state index is 12.7. The number of nitrogens with zero attached hydrogens (tertiary/aromatic N) is 1. The highest BCUT2D eigenvalue weighted by atomic mass is 79.9. The maximum Gasteiger partial charge on any atom is 0.246 e. The first-order chi connectivity index (χ1) is 9.47. The number of aliphatic hydroxyl groups is 1. The number of hydrogen-bond donors (Lipinski definition) is 1. The van der Waals surface area contributed by atoms with Gasteiger partial charge < -0.3 is 9.84 Å². The van der Waals surface area contributed by atoms with Crippen molar-refractivity contribution < 1.29 is 18.3 Å². The summed E-state index contributed by atoms with van der Waals surface area (Å²) < 4.78 is 32.7. The Hall–Kier alpha value is -0.630. The molecule has 0 aliphatic rings. The van der Waals surface area contributed by atoms with Gasteiger partial charge in [-0.3, -0.25) is 0 Å². The summed E-state index contributed by atoms with van der Waals surface area (Å²) in [5.74, 6) is 0.328. The number of sulfonamides is 1. The maximum atomic E-state index is 12.7. The van der Waals surface area contributed by atoms with Gasteiger partial charge in [-0.2, -0.15) is 4.31 Å². The lowest BCUT2D eigenvalue weighted by atomic mass is 10.3. The van der Waals surface area contributed by atoms with Crippen molar-refractivity contribution >= 4 is 26.0 Å². The monoisotopic (exact) mass is 365 g/mol. The van der Waals surface area contributed by atoms with Crippen LogP contribution in [0, 0.1) is 0 Å². The van der Waals surface area contributed by atoms with Crippen molar-refractivity contribution in [2.24, 2.45) is 0 Å². The highest BCUT2D eigenvalue weighted by Crippen LogP contribution is 2.30. The molecule has 0 amide bonds. The molecule has 0 bridgehead atoms. The van der Waals surface area contributed by atoms with E-state index in [9.17, 15) is 8.42 Å². The van der Waals surface area contributed by atoms with Crippen LogP contribution in [0.2, 0.25) is 0 Å². The summed E-state index contributed by atoms with van der Waals surface area (Å²) in [5, 5.41) is 9.05. The predicted molar refractivity (Wildman–Crippen MR) is 81.4 cm³/mol. The normalized spacial score (nSPS) is 11.8. The minimum atomic E-state index is -3.68. The van der Waals surface area contributed by atoms with Crippen LogP contribution in [0.4, 0.5) is 0 Å². The smallest absolute Gasteiger partial charge is 0.246 e. The number of aliphatic hydroxyl groups excluding tert-OH is 1. The summed E-state index contributed by atoms with van der Waals surface area (Å²) in [4.78, 5) is 0.121. The second kappa shape index (κ2) is 7.97. The van der Waals surface area contributed by atoms with Crippen molar-refractivity contribution in [2.75, 3.05) is 26.3 Å². The molecule has 0 spiro atoms. The lowest BCUT2D eigenvalue weighted by Gasteiger charge is -2.22. The Morgan fingerprint density at radius 2 is 2.00 bits per heavy atom. The summed E-state index contributed by atoms with van der Waals surface area (Å²) in [6.45, 7) is 4.31. The van der Waals surface area contributed by atoms with Crippen molar-refractivity contribution in [1.82, 2.24) is 4.31 Å². The van der Waals surface area contributed by atoms with E-state index in [1.54, 1.807) is 19.1 Å². The first-order valence-electron chi connectivity index (χ1n) is 6.50. The van der Waals surface area contributed by atoms with Crippen LogP contribution in [0.1, 0.15) is 20.3 Å². The molecule has 0 radical (unpaired) electrons. The average molecular weight is 366 g/mol. The van der Waals surface area contributed by atoms with Crippen molar-refractivity contribution in [3.05, 3.63) is 22.7 Å². The van der Waals surface area contributed by atoms with E-state index in [1.165, 1.54) is 10.4 Å². The molecule has 0 unspecified atom stereocenters. The Morgan fingerprint density at radius 3 is 2.55 bits per heavy atom. The molecule has 0 fully saturated rings. The minimum absolute atomic E-state index is 0.0776. The second-order valence-corrected chi connectivity index (χ2v) is 6.97. The van der Waals surface area contributed by atoms with Crippen LogP contribution in [-0.4, -0.2) is 44.1 Å². The highest BCUT2D eigenvalue weighted by molar-refractivity contribution is 9.10. The first kappa shape index (κ1) is 17.4. The number of rotatable bonds is 8. The molecular weight excluding hydrogens is 346 g/mol. The summed E-state index contributed by atoms with van der Waals surface area (Å²) >= 11 is 3.28. The van der Waals surface area contributed by atoms with Crippen molar-refractivity contribution in [1.29, 1.82) is 0 Å². The Bertz CT molecular complexity index is 527. The molecule has 20 heavy (non-hydrogen) atoms. The molecule has 0 saturated heterocycles. The molecule has 0 aliphatic carbocycles. The summed E-state index contributed by atoms with van der Waals surface area (Å²) in [7, 11) is -3.68. The Kier molecular flexibility index (Phi) is 6.94. The highest BCUT2D eigenvalue weighted by Gasteiger charge is 2.27. The summed E-state index contributed by atoms with van der Waals surface area (Å²) in [5.41, 5.74) is 0. The van der Waals surface area contributed by atoms with Gasteiger partial charge in [-0.15, -0.1) is 0 Å². The quantitative estimate of drug-likeness (QED) is 0.766. The van der Waals surface area contributed by atoms with Crippen LogP contribution >= 0.6 is 15.9 Å². The molecular formula is C13H20BrNO4S. The van der Waals surface area contributed by atoms with Crippen LogP contribution in [0.15, 0.2) is 27.6 Å². The van der Waals surface area contributed by atoms with Crippen LogP contribution in [0.3, 0.4) is 0 Å². The molecule has 1 aromatic rings. The van der Waals surface area contributed by atoms with E-state index < -0.39 is 10.0 Å². The van der Waals surface area contributed by atoms with Gasteiger partial charge in [0.2, 0.25) is 10.0 Å². The molecule has 1 rings (SSSR count). The molecule has 114 valence electrons. The SMILES string of the molecule is CCCN(CCO)S(=O)(=O)c1cc(Br)ccc1OCC. The summed E-state index contributed by atoms with van der Waals surface area (Å²) in [6.07, 6.45) is 0.678. The third-order valence-electron chi connectivity index (χ3n) is 2.65.